The summed E-state index contributed by atoms with van der Waals surface area (Å²) in [4.78, 5) is 0. The molecule has 1 nitrogen and oxygen atoms in total. The van der Waals surface area contributed by atoms with Gasteiger partial charge in [-0.2, -0.15) is 0 Å². The van der Waals surface area contributed by atoms with Gasteiger partial charge in [-0.25, -0.2) is 0 Å². The summed E-state index contributed by atoms with van der Waals surface area (Å²) in [6.45, 7) is 0. The van der Waals surface area contributed by atoms with Crippen molar-refractivity contribution in [3.05, 3.63) is 34.4 Å². The Morgan fingerprint density at radius 2 is 1.79 bits per heavy atom. The lowest BCUT2D eigenvalue weighted by Gasteiger charge is -2.21. The van der Waals surface area contributed by atoms with Crippen LogP contribution in [0.5, 0.6) is 0 Å². The molecule has 0 radical (unpaired) electrons. The molecule has 1 aromatic carbocycles. The first-order valence-electron chi connectivity index (χ1n) is 5.75. The first-order chi connectivity index (χ1) is 6.86. The Morgan fingerprint density at radius 1 is 1.00 bits per heavy atom. The van der Waals surface area contributed by atoms with Gasteiger partial charge in [-0.15, -0.1) is 0 Å². The van der Waals surface area contributed by atoms with E-state index in [1.54, 1.807) is 11.1 Å². The average molecular weight is 187 g/mol. The van der Waals surface area contributed by atoms with E-state index in [0.717, 1.165) is 6.42 Å². The second-order valence-electron chi connectivity index (χ2n) is 4.63. The molecule has 1 atom stereocenters. The number of benzene rings is 1. The van der Waals surface area contributed by atoms with Crippen molar-refractivity contribution in [3.8, 4) is 0 Å². The molecule has 0 saturated heterocycles. The molecule has 1 heteroatoms. The van der Waals surface area contributed by atoms with E-state index in [-0.39, 0.29) is 0 Å². The van der Waals surface area contributed by atoms with E-state index in [2.05, 4.69) is 12.1 Å². The molecule has 0 bridgehead atoms. The van der Waals surface area contributed by atoms with Crippen molar-refractivity contribution in [1.29, 1.82) is 0 Å². The van der Waals surface area contributed by atoms with Crippen molar-refractivity contribution in [2.75, 3.05) is 0 Å². The zero-order chi connectivity index (χ0) is 9.54. The smallest absolute Gasteiger partial charge is 0.0303 e. The van der Waals surface area contributed by atoms with E-state index in [1.165, 1.54) is 43.2 Å². The summed E-state index contributed by atoms with van der Waals surface area (Å²) in [5.41, 5.74) is 12.4. The maximum Gasteiger partial charge on any atom is 0.0303 e. The van der Waals surface area contributed by atoms with Crippen LogP contribution in [0.25, 0.3) is 0 Å². The molecule has 0 saturated carbocycles. The molecular weight excluding hydrogens is 170 g/mol. The van der Waals surface area contributed by atoms with Gasteiger partial charge < -0.3 is 5.73 Å². The van der Waals surface area contributed by atoms with Crippen LogP contribution in [0.2, 0.25) is 0 Å². The fourth-order valence-electron chi connectivity index (χ4n) is 3.04. The molecule has 0 unspecified atom stereocenters. The molecule has 0 amide bonds. The van der Waals surface area contributed by atoms with Crippen molar-refractivity contribution < 1.29 is 0 Å². The van der Waals surface area contributed by atoms with Crippen molar-refractivity contribution in [1.82, 2.24) is 0 Å². The highest BCUT2D eigenvalue weighted by molar-refractivity contribution is 5.46. The average Bonchev–Trinajstić information content (AvgIpc) is 2.61. The molecule has 0 heterocycles. The summed E-state index contributed by atoms with van der Waals surface area (Å²) in [6, 6.07) is 4.98. The third kappa shape index (κ3) is 1.12. The van der Waals surface area contributed by atoms with Gasteiger partial charge in [0.1, 0.15) is 0 Å². The van der Waals surface area contributed by atoms with Gasteiger partial charge in [0.2, 0.25) is 0 Å². The van der Waals surface area contributed by atoms with E-state index in [9.17, 15) is 0 Å². The van der Waals surface area contributed by atoms with Crippen molar-refractivity contribution in [2.45, 2.75) is 44.6 Å². The van der Waals surface area contributed by atoms with Gasteiger partial charge in [0.25, 0.3) is 0 Å². The van der Waals surface area contributed by atoms with Gasteiger partial charge in [0.15, 0.2) is 0 Å². The second kappa shape index (κ2) is 3.09. The van der Waals surface area contributed by atoms with Gasteiger partial charge in [-0.05, 0) is 60.8 Å². The predicted octanol–water partition coefficient (Wildman–Crippen LogP) is 2.51. The number of rotatable bonds is 0. The quantitative estimate of drug-likeness (QED) is 0.663. The SMILES string of the molecule is N[C@@H]1CCc2ccc3c(c21)CCCC3. The van der Waals surface area contributed by atoms with Gasteiger partial charge >= 0.3 is 0 Å². The number of hydrogen-bond acceptors (Lipinski definition) is 1. The Bertz CT molecular complexity index is 368. The highest BCUT2D eigenvalue weighted by Gasteiger charge is 2.24. The molecular formula is C13H17N. The van der Waals surface area contributed by atoms with Crippen LogP contribution in [-0.2, 0) is 19.3 Å². The Labute approximate surface area is 85.3 Å². The van der Waals surface area contributed by atoms with Crippen LogP contribution in [0, 0.1) is 0 Å². The van der Waals surface area contributed by atoms with Crippen LogP contribution in [0.4, 0.5) is 0 Å². The fourth-order valence-corrected chi connectivity index (χ4v) is 3.04. The third-order valence-electron chi connectivity index (χ3n) is 3.76. The summed E-state index contributed by atoms with van der Waals surface area (Å²) in [6.07, 6.45) is 7.62. The first-order valence-corrected chi connectivity index (χ1v) is 5.75. The standard InChI is InChI=1S/C13H17N/c14-12-8-7-10-6-5-9-3-1-2-4-11(9)13(10)12/h5-6,12H,1-4,7-8,14H2/t12-/m1/s1. The van der Waals surface area contributed by atoms with Gasteiger partial charge in [-0.3, -0.25) is 0 Å². The monoisotopic (exact) mass is 187 g/mol. The molecule has 0 aliphatic heterocycles. The number of fused-ring (bicyclic) bond motifs is 3. The summed E-state index contributed by atoms with van der Waals surface area (Å²) < 4.78 is 0. The lowest BCUT2D eigenvalue weighted by molar-refractivity contribution is 0.658. The van der Waals surface area contributed by atoms with Crippen LogP contribution in [0.15, 0.2) is 12.1 Å². The predicted molar refractivity (Wildman–Crippen MR) is 58.3 cm³/mol. The van der Waals surface area contributed by atoms with Crippen LogP contribution >= 0.6 is 0 Å². The molecule has 74 valence electrons. The highest BCUT2D eigenvalue weighted by Crippen LogP contribution is 2.36. The van der Waals surface area contributed by atoms with Gasteiger partial charge in [0, 0.05) is 6.04 Å². The van der Waals surface area contributed by atoms with Crippen molar-refractivity contribution >= 4 is 0 Å². The minimum atomic E-state index is 0.332. The second-order valence-corrected chi connectivity index (χ2v) is 4.63. The normalized spacial score (nSPS) is 24.5. The Balaban J connectivity index is 2.18. The minimum Gasteiger partial charge on any atom is -0.324 e. The summed E-state index contributed by atoms with van der Waals surface area (Å²) in [7, 11) is 0. The zero-order valence-corrected chi connectivity index (χ0v) is 8.55. The molecule has 1 aromatic rings. The molecule has 14 heavy (non-hydrogen) atoms. The third-order valence-corrected chi connectivity index (χ3v) is 3.76. The van der Waals surface area contributed by atoms with Crippen LogP contribution in [0.1, 0.15) is 47.6 Å². The fraction of sp³-hybridized carbons (Fsp3) is 0.538. The van der Waals surface area contributed by atoms with Crippen molar-refractivity contribution in [2.24, 2.45) is 5.73 Å². The van der Waals surface area contributed by atoms with E-state index in [4.69, 9.17) is 5.73 Å². The molecule has 0 aromatic heterocycles. The van der Waals surface area contributed by atoms with Crippen molar-refractivity contribution in [3.63, 3.8) is 0 Å². The lowest BCUT2D eigenvalue weighted by atomic mass is 9.86. The van der Waals surface area contributed by atoms with Crippen LogP contribution < -0.4 is 5.73 Å². The van der Waals surface area contributed by atoms with Gasteiger partial charge in [0.05, 0.1) is 0 Å². The topological polar surface area (TPSA) is 26.0 Å². The molecule has 2 aliphatic carbocycles. The minimum absolute atomic E-state index is 0.332. The van der Waals surface area contributed by atoms with E-state index in [1.807, 2.05) is 0 Å². The molecule has 2 aliphatic rings. The van der Waals surface area contributed by atoms with E-state index >= 15 is 0 Å². The maximum absolute atomic E-state index is 6.17. The molecule has 0 spiro atoms. The summed E-state index contributed by atoms with van der Waals surface area (Å²) in [5.74, 6) is 0. The Morgan fingerprint density at radius 3 is 2.71 bits per heavy atom. The number of nitrogens with two attached hydrogens (primary N) is 1. The Hall–Kier alpha value is -0.820. The summed E-state index contributed by atoms with van der Waals surface area (Å²) in [5, 5.41) is 0. The van der Waals surface area contributed by atoms with E-state index < -0.39 is 0 Å². The summed E-state index contributed by atoms with van der Waals surface area (Å²) >= 11 is 0. The van der Waals surface area contributed by atoms with E-state index in [0.29, 0.717) is 6.04 Å². The van der Waals surface area contributed by atoms with Gasteiger partial charge in [-0.1, -0.05) is 12.1 Å². The maximum atomic E-state index is 6.17. The van der Waals surface area contributed by atoms with Crippen LogP contribution in [-0.4, -0.2) is 0 Å². The molecule has 3 rings (SSSR count). The lowest BCUT2D eigenvalue weighted by Crippen LogP contribution is -2.12. The Kier molecular flexibility index (Phi) is 1.88. The molecule has 2 N–H and O–H groups in total. The molecule has 0 fully saturated rings. The number of aryl methyl sites for hydroxylation is 2. The first kappa shape index (κ1) is 8.49. The van der Waals surface area contributed by atoms with Crippen LogP contribution in [0.3, 0.4) is 0 Å². The largest absolute Gasteiger partial charge is 0.324 e. The zero-order valence-electron chi connectivity index (χ0n) is 8.55. The number of hydrogen-bond donors (Lipinski definition) is 1. The highest BCUT2D eigenvalue weighted by atomic mass is 14.6.